The fourth-order valence-electron chi connectivity index (χ4n) is 2.87. The van der Waals surface area contributed by atoms with E-state index >= 15 is 0 Å². The molecule has 0 N–H and O–H groups in total. The number of rotatable bonds is 5. The molecule has 2 heterocycles. The number of thioether (sulfide) groups is 1. The molecular formula is C18H18N2O2S2. The highest BCUT2D eigenvalue weighted by Gasteiger charge is 2.41. The highest BCUT2D eigenvalue weighted by molar-refractivity contribution is 8.26. The summed E-state index contributed by atoms with van der Waals surface area (Å²) < 4.78 is 0.531. The summed E-state index contributed by atoms with van der Waals surface area (Å²) in [6.45, 7) is 6.80. The number of nitrogens with zero attached hydrogens (tertiary/aromatic N) is 2. The van der Waals surface area contributed by atoms with Gasteiger partial charge in [0.25, 0.3) is 11.8 Å². The van der Waals surface area contributed by atoms with Gasteiger partial charge in [0.15, 0.2) is 0 Å². The summed E-state index contributed by atoms with van der Waals surface area (Å²) in [6, 6.07) is 7.53. The molecule has 1 aromatic carbocycles. The maximum absolute atomic E-state index is 12.9. The van der Waals surface area contributed by atoms with Crippen LogP contribution in [0.15, 0.2) is 41.8 Å². The van der Waals surface area contributed by atoms with E-state index in [0.29, 0.717) is 27.9 Å². The van der Waals surface area contributed by atoms with Crippen molar-refractivity contribution in [3.05, 3.63) is 47.4 Å². The number of unbranched alkanes of at least 4 members (excludes halogenated alkanes) is 1. The topological polar surface area (TPSA) is 40.6 Å². The van der Waals surface area contributed by atoms with Crippen molar-refractivity contribution in [3.8, 4) is 0 Å². The first-order chi connectivity index (χ1) is 11.6. The largest absolute Gasteiger partial charge is 0.304 e. The lowest BCUT2D eigenvalue weighted by Crippen LogP contribution is -2.30. The number of para-hydroxylation sites is 1. The number of carbonyl (C=O) groups excluding carboxylic acids is 2. The lowest BCUT2D eigenvalue weighted by molar-refractivity contribution is -0.122. The van der Waals surface area contributed by atoms with E-state index in [1.807, 2.05) is 24.3 Å². The molecule has 2 amide bonds. The van der Waals surface area contributed by atoms with Crippen molar-refractivity contribution in [3.63, 3.8) is 0 Å². The normalized spacial score (nSPS) is 20.1. The number of benzene rings is 1. The molecule has 4 nitrogen and oxygen atoms in total. The van der Waals surface area contributed by atoms with Gasteiger partial charge in [0.1, 0.15) is 4.32 Å². The first-order valence-electron chi connectivity index (χ1n) is 7.90. The summed E-state index contributed by atoms with van der Waals surface area (Å²) in [7, 11) is 0. The van der Waals surface area contributed by atoms with E-state index in [1.165, 1.54) is 11.8 Å². The van der Waals surface area contributed by atoms with Crippen LogP contribution in [-0.2, 0) is 9.59 Å². The van der Waals surface area contributed by atoms with Crippen LogP contribution in [0.4, 0.5) is 5.69 Å². The molecule has 0 saturated carbocycles. The van der Waals surface area contributed by atoms with Crippen LogP contribution >= 0.6 is 24.0 Å². The van der Waals surface area contributed by atoms with Crippen molar-refractivity contribution < 1.29 is 9.59 Å². The molecule has 124 valence electrons. The molecule has 0 radical (unpaired) electrons. The van der Waals surface area contributed by atoms with Crippen LogP contribution in [0.3, 0.4) is 0 Å². The maximum atomic E-state index is 12.9. The van der Waals surface area contributed by atoms with Crippen LogP contribution in [0.5, 0.6) is 0 Å². The third kappa shape index (κ3) is 2.70. The highest BCUT2D eigenvalue weighted by atomic mass is 32.2. The van der Waals surface area contributed by atoms with Gasteiger partial charge in [0.05, 0.1) is 16.2 Å². The van der Waals surface area contributed by atoms with Crippen LogP contribution in [0.25, 0.3) is 5.57 Å². The van der Waals surface area contributed by atoms with E-state index in [0.717, 1.165) is 24.1 Å². The second kappa shape index (κ2) is 6.91. The Morgan fingerprint density at radius 3 is 2.67 bits per heavy atom. The lowest BCUT2D eigenvalue weighted by Gasteiger charge is -2.14. The molecule has 0 aromatic heterocycles. The molecule has 0 spiro atoms. The Kier molecular flexibility index (Phi) is 4.87. The van der Waals surface area contributed by atoms with Gasteiger partial charge in [0, 0.05) is 18.7 Å². The zero-order valence-electron chi connectivity index (χ0n) is 13.4. The average Bonchev–Trinajstić information content (AvgIpc) is 3.01. The van der Waals surface area contributed by atoms with Gasteiger partial charge in [-0.2, -0.15) is 0 Å². The quantitative estimate of drug-likeness (QED) is 0.458. The minimum atomic E-state index is -0.160. The third-order valence-electron chi connectivity index (χ3n) is 4.05. The van der Waals surface area contributed by atoms with E-state index < -0.39 is 0 Å². The van der Waals surface area contributed by atoms with Crippen molar-refractivity contribution in [2.75, 3.05) is 18.0 Å². The molecule has 2 aliphatic rings. The number of hydrogen-bond donors (Lipinski definition) is 0. The SMILES string of the molecule is C=CCN1C(=O)/C(=C2\SC(=S)N(CCCC)C2=O)c2ccccc21. The van der Waals surface area contributed by atoms with Gasteiger partial charge >= 0.3 is 0 Å². The van der Waals surface area contributed by atoms with Gasteiger partial charge in [-0.15, -0.1) is 6.58 Å². The van der Waals surface area contributed by atoms with Crippen LogP contribution in [-0.4, -0.2) is 34.1 Å². The van der Waals surface area contributed by atoms with E-state index in [2.05, 4.69) is 13.5 Å². The summed E-state index contributed by atoms with van der Waals surface area (Å²) in [5, 5.41) is 0. The molecule has 3 rings (SSSR count). The highest BCUT2D eigenvalue weighted by Crippen LogP contribution is 2.44. The van der Waals surface area contributed by atoms with Gasteiger partial charge in [-0.3, -0.25) is 14.5 Å². The summed E-state index contributed by atoms with van der Waals surface area (Å²) in [6.07, 6.45) is 3.56. The molecule has 1 aromatic rings. The Bertz CT molecular complexity index is 770. The van der Waals surface area contributed by atoms with Crippen LogP contribution < -0.4 is 4.90 Å². The fraction of sp³-hybridized carbons (Fsp3) is 0.278. The summed E-state index contributed by atoms with van der Waals surface area (Å²) in [5.41, 5.74) is 2.07. The van der Waals surface area contributed by atoms with Crippen molar-refractivity contribution in [2.24, 2.45) is 0 Å². The maximum Gasteiger partial charge on any atom is 0.267 e. The number of thiocarbonyl (C=S) groups is 1. The molecule has 1 fully saturated rings. The Hall–Kier alpha value is -1.92. The van der Waals surface area contributed by atoms with E-state index in [9.17, 15) is 9.59 Å². The first kappa shape index (κ1) is 16.9. The zero-order chi connectivity index (χ0) is 17.3. The van der Waals surface area contributed by atoms with Crippen LogP contribution in [0, 0.1) is 0 Å². The molecule has 1 saturated heterocycles. The predicted molar refractivity (Wildman–Crippen MR) is 103 cm³/mol. The van der Waals surface area contributed by atoms with Gasteiger partial charge < -0.3 is 4.90 Å². The first-order valence-corrected chi connectivity index (χ1v) is 9.12. The second-order valence-corrected chi connectivity index (χ2v) is 7.25. The minimum Gasteiger partial charge on any atom is -0.304 e. The van der Waals surface area contributed by atoms with Crippen molar-refractivity contribution >= 4 is 51.4 Å². The van der Waals surface area contributed by atoms with Crippen molar-refractivity contribution in [2.45, 2.75) is 19.8 Å². The monoisotopic (exact) mass is 358 g/mol. The fourth-order valence-corrected chi connectivity index (χ4v) is 4.25. The summed E-state index contributed by atoms with van der Waals surface area (Å²) >= 11 is 6.59. The third-order valence-corrected chi connectivity index (χ3v) is 5.49. The number of carbonyl (C=O) groups is 2. The molecule has 0 unspecified atom stereocenters. The van der Waals surface area contributed by atoms with Gasteiger partial charge in [0.2, 0.25) is 0 Å². The molecule has 0 bridgehead atoms. The Morgan fingerprint density at radius 2 is 1.96 bits per heavy atom. The Labute approximate surface area is 151 Å². The number of fused-ring (bicyclic) bond motifs is 1. The number of amides is 2. The van der Waals surface area contributed by atoms with Gasteiger partial charge in [-0.05, 0) is 12.5 Å². The zero-order valence-corrected chi connectivity index (χ0v) is 15.1. The predicted octanol–water partition coefficient (Wildman–Crippen LogP) is 3.59. The molecule has 0 aliphatic carbocycles. The van der Waals surface area contributed by atoms with Crippen LogP contribution in [0.1, 0.15) is 25.3 Å². The standard InChI is InChI=1S/C18H18N2O2S2/c1-3-5-11-20-17(22)15(24-18(20)23)14-12-8-6-7-9-13(12)19(10-4-2)16(14)21/h4,6-9H,2-3,5,10-11H2,1H3/b15-14-. The lowest BCUT2D eigenvalue weighted by atomic mass is 10.1. The second-order valence-electron chi connectivity index (χ2n) is 5.60. The average molecular weight is 358 g/mol. The smallest absolute Gasteiger partial charge is 0.267 e. The number of hydrogen-bond acceptors (Lipinski definition) is 4. The van der Waals surface area contributed by atoms with Crippen molar-refractivity contribution in [1.29, 1.82) is 0 Å². The van der Waals surface area contributed by atoms with Crippen molar-refractivity contribution in [1.82, 2.24) is 4.90 Å². The van der Waals surface area contributed by atoms with Gasteiger partial charge in [-0.1, -0.05) is 61.6 Å². The van der Waals surface area contributed by atoms with E-state index in [4.69, 9.17) is 12.2 Å². The van der Waals surface area contributed by atoms with E-state index in [-0.39, 0.29) is 11.8 Å². The Balaban J connectivity index is 2.06. The number of anilines is 1. The molecular weight excluding hydrogens is 340 g/mol. The minimum absolute atomic E-state index is 0.156. The van der Waals surface area contributed by atoms with E-state index in [1.54, 1.807) is 15.9 Å². The molecule has 24 heavy (non-hydrogen) atoms. The molecule has 2 aliphatic heterocycles. The Morgan fingerprint density at radius 1 is 1.21 bits per heavy atom. The summed E-state index contributed by atoms with van der Waals surface area (Å²) in [5.74, 6) is -0.316. The molecule has 0 atom stereocenters. The van der Waals surface area contributed by atoms with Gasteiger partial charge in [-0.25, -0.2) is 0 Å². The summed E-state index contributed by atoms with van der Waals surface area (Å²) in [4.78, 5) is 29.4. The molecule has 6 heteroatoms. The van der Waals surface area contributed by atoms with Crippen LogP contribution in [0.2, 0.25) is 0 Å².